The second kappa shape index (κ2) is 7.11. The van der Waals surface area contributed by atoms with Gasteiger partial charge >= 0.3 is 0 Å². The zero-order valence-corrected chi connectivity index (χ0v) is 13.4. The Bertz CT molecular complexity index is 608. The van der Waals surface area contributed by atoms with Gasteiger partial charge in [-0.1, -0.05) is 25.1 Å². The molecule has 0 saturated heterocycles. The fraction of sp³-hybridized carbons (Fsp3) is 0.389. The Balaban J connectivity index is 2.15. The zero-order valence-electron chi connectivity index (χ0n) is 13.4. The van der Waals surface area contributed by atoms with Gasteiger partial charge < -0.3 is 10.1 Å². The van der Waals surface area contributed by atoms with Crippen LogP contribution in [0.25, 0.3) is 0 Å². The van der Waals surface area contributed by atoms with Gasteiger partial charge in [-0.3, -0.25) is 0 Å². The van der Waals surface area contributed by atoms with E-state index in [1.807, 2.05) is 12.3 Å². The number of hydrogen-bond acceptors (Lipinski definition) is 3. The molecule has 0 fully saturated rings. The van der Waals surface area contributed by atoms with E-state index in [2.05, 4.69) is 56.2 Å². The molecule has 21 heavy (non-hydrogen) atoms. The van der Waals surface area contributed by atoms with Crippen LogP contribution in [0.5, 0.6) is 5.75 Å². The highest BCUT2D eigenvalue weighted by molar-refractivity contribution is 5.46. The molecule has 0 amide bonds. The van der Waals surface area contributed by atoms with Crippen LogP contribution in [-0.4, -0.2) is 11.5 Å². The fourth-order valence-electron chi connectivity index (χ4n) is 2.26. The summed E-state index contributed by atoms with van der Waals surface area (Å²) in [5.41, 5.74) is 4.73. The van der Waals surface area contributed by atoms with Crippen molar-refractivity contribution in [2.75, 3.05) is 11.9 Å². The maximum absolute atomic E-state index is 6.08. The van der Waals surface area contributed by atoms with Crippen LogP contribution in [0.2, 0.25) is 0 Å². The van der Waals surface area contributed by atoms with Crippen molar-refractivity contribution in [2.45, 2.75) is 40.7 Å². The number of nitrogens with zero attached hydrogens (tertiary/aromatic N) is 1. The minimum Gasteiger partial charge on any atom is -0.488 e. The van der Waals surface area contributed by atoms with Gasteiger partial charge in [0.25, 0.3) is 0 Å². The lowest BCUT2D eigenvalue weighted by Gasteiger charge is -2.15. The van der Waals surface area contributed by atoms with Gasteiger partial charge in [-0.2, -0.15) is 0 Å². The van der Waals surface area contributed by atoms with E-state index >= 15 is 0 Å². The van der Waals surface area contributed by atoms with Crippen molar-refractivity contribution in [3.63, 3.8) is 0 Å². The number of pyridine rings is 1. The average molecular weight is 284 g/mol. The Hall–Kier alpha value is -2.03. The van der Waals surface area contributed by atoms with Crippen molar-refractivity contribution in [3.8, 4) is 5.75 Å². The smallest absolute Gasteiger partial charge is 0.132 e. The van der Waals surface area contributed by atoms with Crippen LogP contribution >= 0.6 is 0 Å². The van der Waals surface area contributed by atoms with Gasteiger partial charge in [0.05, 0.1) is 0 Å². The number of hydrogen-bond donors (Lipinski definition) is 1. The van der Waals surface area contributed by atoms with Gasteiger partial charge in [-0.25, -0.2) is 4.98 Å². The third-order valence-corrected chi connectivity index (χ3v) is 3.68. The summed E-state index contributed by atoms with van der Waals surface area (Å²) in [5.74, 6) is 1.91. The summed E-state index contributed by atoms with van der Waals surface area (Å²) in [6, 6.07) is 8.25. The van der Waals surface area contributed by atoms with Crippen molar-refractivity contribution in [1.82, 2.24) is 4.98 Å². The SMILES string of the molecule is CCCNc1ncccc1COc1c(C)ccc(C)c1C. The Kier molecular flexibility index (Phi) is 5.20. The van der Waals surface area contributed by atoms with E-state index in [9.17, 15) is 0 Å². The summed E-state index contributed by atoms with van der Waals surface area (Å²) in [7, 11) is 0. The first-order chi connectivity index (χ1) is 10.1. The summed E-state index contributed by atoms with van der Waals surface area (Å²) >= 11 is 0. The minimum atomic E-state index is 0.533. The largest absolute Gasteiger partial charge is 0.488 e. The van der Waals surface area contributed by atoms with E-state index in [1.165, 1.54) is 16.7 Å². The van der Waals surface area contributed by atoms with E-state index in [4.69, 9.17) is 4.74 Å². The molecule has 2 rings (SSSR count). The van der Waals surface area contributed by atoms with Crippen LogP contribution in [0, 0.1) is 20.8 Å². The Morgan fingerprint density at radius 3 is 2.62 bits per heavy atom. The number of anilines is 1. The third-order valence-electron chi connectivity index (χ3n) is 3.68. The molecule has 3 nitrogen and oxygen atoms in total. The summed E-state index contributed by atoms with van der Waals surface area (Å²) in [4.78, 5) is 4.40. The highest BCUT2D eigenvalue weighted by Gasteiger charge is 2.09. The van der Waals surface area contributed by atoms with E-state index in [0.29, 0.717) is 6.61 Å². The van der Waals surface area contributed by atoms with E-state index in [1.54, 1.807) is 0 Å². The van der Waals surface area contributed by atoms with Crippen molar-refractivity contribution in [3.05, 3.63) is 52.7 Å². The fourth-order valence-corrected chi connectivity index (χ4v) is 2.26. The number of aromatic nitrogens is 1. The van der Waals surface area contributed by atoms with Crippen LogP contribution < -0.4 is 10.1 Å². The zero-order chi connectivity index (χ0) is 15.2. The number of benzene rings is 1. The Labute approximate surface area is 127 Å². The second-order valence-electron chi connectivity index (χ2n) is 5.38. The second-order valence-corrected chi connectivity index (χ2v) is 5.38. The number of rotatable bonds is 6. The molecule has 1 heterocycles. The lowest BCUT2D eigenvalue weighted by Crippen LogP contribution is -2.08. The van der Waals surface area contributed by atoms with Crippen LogP contribution in [0.1, 0.15) is 35.6 Å². The molecule has 0 radical (unpaired) electrons. The highest BCUT2D eigenvalue weighted by Crippen LogP contribution is 2.27. The summed E-state index contributed by atoms with van der Waals surface area (Å²) in [6.07, 6.45) is 2.89. The van der Waals surface area contributed by atoms with Crippen molar-refractivity contribution in [1.29, 1.82) is 0 Å². The Morgan fingerprint density at radius 1 is 1.10 bits per heavy atom. The molecule has 0 unspecified atom stereocenters. The molecular weight excluding hydrogens is 260 g/mol. The molecule has 0 saturated carbocycles. The topological polar surface area (TPSA) is 34.2 Å². The van der Waals surface area contributed by atoms with Crippen molar-refractivity contribution in [2.24, 2.45) is 0 Å². The van der Waals surface area contributed by atoms with Gasteiger partial charge in [-0.15, -0.1) is 0 Å². The van der Waals surface area contributed by atoms with E-state index in [-0.39, 0.29) is 0 Å². The number of nitrogens with one attached hydrogen (secondary N) is 1. The molecule has 0 aliphatic heterocycles. The molecule has 0 aliphatic rings. The molecule has 112 valence electrons. The molecule has 3 heteroatoms. The first kappa shape index (κ1) is 15.4. The van der Waals surface area contributed by atoms with Gasteiger partial charge in [0, 0.05) is 18.3 Å². The average Bonchev–Trinajstić information content (AvgIpc) is 2.50. The molecule has 1 aromatic heterocycles. The molecular formula is C18H24N2O. The summed E-state index contributed by atoms with van der Waals surface area (Å²) in [6.45, 7) is 9.90. The van der Waals surface area contributed by atoms with Crippen LogP contribution in [0.3, 0.4) is 0 Å². The maximum atomic E-state index is 6.08. The molecule has 2 aromatic rings. The third kappa shape index (κ3) is 3.75. The normalized spacial score (nSPS) is 10.5. The lowest BCUT2D eigenvalue weighted by molar-refractivity contribution is 0.302. The van der Waals surface area contributed by atoms with Gasteiger partial charge in [-0.05, 0) is 49.9 Å². The summed E-state index contributed by atoms with van der Waals surface area (Å²) < 4.78 is 6.08. The predicted molar refractivity (Wildman–Crippen MR) is 88.0 cm³/mol. The van der Waals surface area contributed by atoms with Gasteiger partial charge in [0.1, 0.15) is 18.2 Å². The van der Waals surface area contributed by atoms with Crippen LogP contribution in [0.4, 0.5) is 5.82 Å². The van der Waals surface area contributed by atoms with E-state index in [0.717, 1.165) is 30.1 Å². The number of aryl methyl sites for hydroxylation is 2. The van der Waals surface area contributed by atoms with Crippen LogP contribution in [-0.2, 0) is 6.61 Å². The van der Waals surface area contributed by atoms with Crippen molar-refractivity contribution < 1.29 is 4.74 Å². The summed E-state index contributed by atoms with van der Waals surface area (Å²) in [5, 5.41) is 3.35. The molecule has 0 spiro atoms. The monoisotopic (exact) mass is 284 g/mol. The van der Waals surface area contributed by atoms with Crippen LogP contribution in [0.15, 0.2) is 30.5 Å². The molecule has 0 aliphatic carbocycles. The number of ether oxygens (including phenoxy) is 1. The molecule has 1 aromatic carbocycles. The molecule has 0 atom stereocenters. The van der Waals surface area contributed by atoms with Crippen molar-refractivity contribution >= 4 is 5.82 Å². The molecule has 0 bridgehead atoms. The quantitative estimate of drug-likeness (QED) is 0.853. The lowest BCUT2D eigenvalue weighted by atomic mass is 10.1. The van der Waals surface area contributed by atoms with Gasteiger partial charge in [0.2, 0.25) is 0 Å². The van der Waals surface area contributed by atoms with E-state index < -0.39 is 0 Å². The van der Waals surface area contributed by atoms with Gasteiger partial charge in [0.15, 0.2) is 0 Å². The Morgan fingerprint density at radius 2 is 1.86 bits per heavy atom. The maximum Gasteiger partial charge on any atom is 0.132 e. The first-order valence-electron chi connectivity index (χ1n) is 7.50. The minimum absolute atomic E-state index is 0.533. The predicted octanol–water partition coefficient (Wildman–Crippen LogP) is 4.41. The first-order valence-corrected chi connectivity index (χ1v) is 7.50. The molecule has 1 N–H and O–H groups in total. The standard InChI is InChI=1S/C18H24N2O/c1-5-10-19-18-16(7-6-11-20-18)12-21-17-14(3)9-8-13(2)15(17)4/h6-9,11H,5,10,12H2,1-4H3,(H,19,20). The highest BCUT2D eigenvalue weighted by atomic mass is 16.5.